The fourth-order valence-corrected chi connectivity index (χ4v) is 14.6. The van der Waals surface area contributed by atoms with Crippen LogP contribution in [-0.2, 0) is 40.3 Å². The van der Waals surface area contributed by atoms with Crippen molar-refractivity contribution in [2.24, 2.45) is 5.92 Å². The third-order valence-electron chi connectivity index (χ3n) is 18.5. The lowest BCUT2D eigenvalue weighted by Gasteiger charge is -2.42. The number of carbonyl (C=O) groups is 2. The number of benzene rings is 4. The quantitative estimate of drug-likeness (QED) is 0.0835. The largest absolute Gasteiger partial charge is 0.463 e. The van der Waals surface area contributed by atoms with E-state index in [0.29, 0.717) is 87.0 Å². The summed E-state index contributed by atoms with van der Waals surface area (Å²) in [6.45, 7) is 12.4. The Labute approximate surface area is 520 Å². The van der Waals surface area contributed by atoms with E-state index >= 15 is 0 Å². The maximum absolute atomic E-state index is 14.3. The number of nitrogens with zero attached hydrogens (tertiary/aromatic N) is 14. The molecule has 12 rings (SSSR count). The van der Waals surface area contributed by atoms with Crippen LogP contribution in [0.15, 0.2) is 91.5 Å². The Kier molecular flexibility index (Phi) is 17.6. The van der Waals surface area contributed by atoms with Crippen LogP contribution in [0.2, 0.25) is 10.0 Å². The molecule has 6 aromatic rings. The van der Waals surface area contributed by atoms with Crippen molar-refractivity contribution in [3.05, 3.63) is 130 Å². The second kappa shape index (κ2) is 25.7. The number of ether oxygens (including phenoxy) is 3. The summed E-state index contributed by atoms with van der Waals surface area (Å²) in [5, 5.41) is 24.9. The minimum atomic E-state index is -1.06. The number of anilines is 4. The fourth-order valence-electron chi connectivity index (χ4n) is 14.1. The lowest BCUT2D eigenvalue weighted by Crippen LogP contribution is -2.55. The van der Waals surface area contributed by atoms with Gasteiger partial charge in [0.1, 0.15) is 18.2 Å². The Morgan fingerprint density at radius 2 is 1.16 bits per heavy atom. The molecule has 6 aliphatic rings. The zero-order chi connectivity index (χ0) is 61.5. The summed E-state index contributed by atoms with van der Waals surface area (Å²) in [6.07, 6.45) is 2.85. The molecule has 0 saturated carbocycles. The molecule has 4 fully saturated rings. The Balaban J connectivity index is 0.819. The summed E-state index contributed by atoms with van der Waals surface area (Å²) in [7, 11) is 5.91. The van der Waals surface area contributed by atoms with Gasteiger partial charge in [-0.15, -0.1) is 0 Å². The summed E-state index contributed by atoms with van der Waals surface area (Å²) in [4.78, 5) is 62.5. The molecule has 0 bridgehead atoms. The third-order valence-corrected chi connectivity index (χ3v) is 19.2. The average molecular weight is 1240 g/mol. The topological polar surface area (TPSA) is 187 Å². The van der Waals surface area contributed by atoms with Crippen LogP contribution in [0.1, 0.15) is 59.8 Å². The average Bonchev–Trinajstić information content (AvgIpc) is 2.44. The van der Waals surface area contributed by atoms with Gasteiger partial charge in [0, 0.05) is 124 Å². The number of fused-ring (bicyclic) bond motifs is 4. The standard InChI is InChI=1S/C65H70Cl2F2N14O5/c1-39(68)62(84)82-25-23-80(32-45(82)15-19-70)60-49-17-21-78(55-14-8-10-42-9-6-12-51(66)58(42)55)35-53(49)72-64(74-60)87-37-41-27-56(77(4)31-41)44-28-43-11-7-13-52(67)59(43)57(29-44)79-22-18-50-54(36-79)73-65(88-38-47-30-48(86-5)34-76(47)3)75-61(50)81-24-26-83(63(85)40(2)69)46(33-81)16-20-71/h6-14,28-29,41,45-48,56H,1-2,15-18,21-27,30-38H2,3-5H3/t41?,45-,46-,47+,48+,56?/m0/s1. The molecule has 4 aromatic carbocycles. The number of nitriles is 2. The van der Waals surface area contributed by atoms with Gasteiger partial charge in [-0.25, -0.2) is 8.78 Å². The third kappa shape index (κ3) is 12.1. The molecule has 2 amide bonds. The van der Waals surface area contributed by atoms with Crippen molar-refractivity contribution >= 4 is 79.6 Å². The molecule has 4 saturated heterocycles. The molecule has 0 aliphatic carbocycles. The summed E-state index contributed by atoms with van der Waals surface area (Å²) < 4.78 is 47.5. The first-order valence-corrected chi connectivity index (χ1v) is 30.8. The molecular formula is C65H70Cl2F2N14O5. The summed E-state index contributed by atoms with van der Waals surface area (Å²) >= 11 is 14.1. The number of aromatic nitrogens is 4. The Hall–Kier alpha value is -7.92. The highest BCUT2D eigenvalue weighted by atomic mass is 35.5. The van der Waals surface area contributed by atoms with E-state index in [4.69, 9.17) is 57.3 Å². The first kappa shape index (κ1) is 60.4. The van der Waals surface area contributed by atoms with Gasteiger partial charge in [0.25, 0.3) is 11.8 Å². The van der Waals surface area contributed by atoms with E-state index < -0.39 is 35.6 Å². The zero-order valence-electron chi connectivity index (χ0n) is 49.7. The Bertz CT molecular complexity index is 3800. The van der Waals surface area contributed by atoms with E-state index in [1.54, 1.807) is 7.11 Å². The number of methoxy groups -OCH3 is 1. The van der Waals surface area contributed by atoms with E-state index in [2.05, 4.69) is 105 Å². The molecule has 2 aromatic heterocycles. The fraction of sp³-hybridized carbons (Fsp3) is 0.446. The maximum atomic E-state index is 14.3. The zero-order valence-corrected chi connectivity index (χ0v) is 51.2. The number of amides is 2. The summed E-state index contributed by atoms with van der Waals surface area (Å²) in [5.41, 5.74) is 6.58. The van der Waals surface area contributed by atoms with Crippen molar-refractivity contribution in [3.8, 4) is 24.2 Å². The van der Waals surface area contributed by atoms with Crippen LogP contribution in [0, 0.1) is 28.6 Å². The number of likely N-dealkylation sites (N-methyl/N-ethyl adjacent to an activating group) is 1. The van der Waals surface area contributed by atoms with Crippen LogP contribution >= 0.6 is 23.2 Å². The van der Waals surface area contributed by atoms with Crippen molar-refractivity contribution in [1.82, 2.24) is 39.5 Å². The van der Waals surface area contributed by atoms with Gasteiger partial charge in [0.2, 0.25) is 0 Å². The van der Waals surface area contributed by atoms with E-state index in [0.717, 1.165) is 86.9 Å². The minimum absolute atomic E-state index is 0.00667. The molecule has 6 aliphatic heterocycles. The number of hydrogen-bond acceptors (Lipinski definition) is 17. The molecule has 19 nitrogen and oxygen atoms in total. The molecule has 23 heteroatoms. The van der Waals surface area contributed by atoms with Gasteiger partial charge in [0.15, 0.2) is 11.7 Å². The van der Waals surface area contributed by atoms with E-state index in [1.807, 2.05) is 30.3 Å². The molecule has 0 N–H and O–H groups in total. The van der Waals surface area contributed by atoms with E-state index in [-0.39, 0.29) is 75.1 Å². The van der Waals surface area contributed by atoms with Crippen molar-refractivity contribution in [1.29, 1.82) is 10.5 Å². The smallest absolute Gasteiger partial charge is 0.318 e. The van der Waals surface area contributed by atoms with Crippen LogP contribution in [0.4, 0.5) is 31.8 Å². The lowest BCUT2D eigenvalue weighted by molar-refractivity contribution is -0.132. The molecule has 88 heavy (non-hydrogen) atoms. The Morgan fingerprint density at radius 3 is 1.70 bits per heavy atom. The van der Waals surface area contributed by atoms with Gasteiger partial charge < -0.3 is 43.6 Å². The molecule has 0 radical (unpaired) electrons. The van der Waals surface area contributed by atoms with Crippen molar-refractivity contribution in [3.63, 3.8) is 0 Å². The highest BCUT2D eigenvalue weighted by Gasteiger charge is 2.39. The van der Waals surface area contributed by atoms with Gasteiger partial charge in [0.05, 0.1) is 84.3 Å². The van der Waals surface area contributed by atoms with Crippen LogP contribution in [0.3, 0.4) is 0 Å². The SMILES string of the molecule is C=C(F)C(=O)N1CCN(c2nc(OCC3CC(c4cc(N5CCc6c(nc(OC[C@H]7C[C@@H](OC)CN7C)nc6N6CCN(C(=O)C(=C)F)[C@@H](CC#N)C6)C5)c5c(Cl)cccc5c4)N(C)C3)nc3c2CCN(c2cccc4cccc(Cl)c24)C3)C[C@@H]1CC#N. The number of carbonyl (C=O) groups excluding carboxylic acids is 2. The van der Waals surface area contributed by atoms with Crippen LogP contribution in [0.25, 0.3) is 21.5 Å². The second-order valence-electron chi connectivity index (χ2n) is 23.9. The van der Waals surface area contributed by atoms with Crippen LogP contribution in [0.5, 0.6) is 12.0 Å². The number of hydrogen-bond donors (Lipinski definition) is 0. The monoisotopic (exact) mass is 1230 g/mol. The number of piperazine rings is 2. The first-order chi connectivity index (χ1) is 42.6. The number of likely N-dealkylation sites (tertiary alicyclic amines) is 2. The van der Waals surface area contributed by atoms with Crippen LogP contribution in [-0.4, -0.2) is 175 Å². The van der Waals surface area contributed by atoms with Gasteiger partial charge in [-0.05, 0) is 86.4 Å². The van der Waals surface area contributed by atoms with Crippen molar-refractivity contribution in [2.75, 3.05) is 119 Å². The minimum Gasteiger partial charge on any atom is -0.463 e. The second-order valence-corrected chi connectivity index (χ2v) is 24.8. The molecule has 458 valence electrons. The summed E-state index contributed by atoms with van der Waals surface area (Å²) in [5.74, 6) is -2.31. The number of halogens is 4. The molecular weight excluding hydrogens is 1170 g/mol. The van der Waals surface area contributed by atoms with Gasteiger partial charge in [-0.2, -0.15) is 30.5 Å². The maximum Gasteiger partial charge on any atom is 0.318 e. The van der Waals surface area contributed by atoms with Crippen molar-refractivity contribution in [2.45, 2.75) is 81.9 Å². The lowest BCUT2D eigenvalue weighted by atomic mass is 9.95. The highest BCUT2D eigenvalue weighted by molar-refractivity contribution is 6.37. The predicted molar refractivity (Wildman–Crippen MR) is 334 cm³/mol. The molecule has 0 spiro atoms. The van der Waals surface area contributed by atoms with E-state index in [1.165, 1.54) is 9.80 Å². The van der Waals surface area contributed by atoms with E-state index in [9.17, 15) is 28.9 Å². The normalized spacial score (nSPS) is 22.4. The van der Waals surface area contributed by atoms with Gasteiger partial charge >= 0.3 is 12.0 Å². The number of rotatable bonds is 16. The molecule has 6 atom stereocenters. The Morgan fingerprint density at radius 1 is 0.625 bits per heavy atom. The van der Waals surface area contributed by atoms with Crippen molar-refractivity contribution < 1.29 is 32.6 Å². The van der Waals surface area contributed by atoms with Gasteiger partial charge in [-0.3, -0.25) is 19.4 Å². The first-order valence-electron chi connectivity index (χ1n) is 30.0. The molecule has 8 heterocycles. The van der Waals surface area contributed by atoms with Gasteiger partial charge in [-0.1, -0.05) is 72.8 Å². The summed E-state index contributed by atoms with van der Waals surface area (Å²) in [6, 6.07) is 26.3. The highest BCUT2D eigenvalue weighted by Crippen LogP contribution is 2.44. The predicted octanol–water partition coefficient (Wildman–Crippen LogP) is 9.00. The molecule has 2 unspecified atom stereocenters. The van der Waals surface area contributed by atoms with Crippen LogP contribution < -0.4 is 29.1 Å².